The number of carbonyl (C=O) groups excluding carboxylic acids is 1. The molecular formula is C20H16ClN3O5. The van der Waals surface area contributed by atoms with E-state index in [0.29, 0.717) is 16.5 Å². The summed E-state index contributed by atoms with van der Waals surface area (Å²) in [4.78, 5) is 24.3. The van der Waals surface area contributed by atoms with Gasteiger partial charge in [0.15, 0.2) is 0 Å². The second kappa shape index (κ2) is 9.52. The number of carbonyl (C=O) groups is 1. The number of nitrogens with zero attached hydrogens (tertiary/aromatic N) is 3. The minimum atomic E-state index is -0.568. The van der Waals surface area contributed by atoms with Gasteiger partial charge in [-0.3, -0.25) is 0 Å². The van der Waals surface area contributed by atoms with Crippen LogP contribution in [0.2, 0.25) is 5.15 Å². The molecule has 0 aliphatic heterocycles. The number of pyridine rings is 1. The van der Waals surface area contributed by atoms with E-state index in [-0.39, 0.29) is 23.2 Å². The smallest absolute Gasteiger partial charge is 0.341 e. The third-order valence-corrected chi connectivity index (χ3v) is 3.76. The van der Waals surface area contributed by atoms with Crippen molar-refractivity contribution in [3.63, 3.8) is 0 Å². The van der Waals surface area contributed by atoms with E-state index in [4.69, 9.17) is 30.5 Å². The second-order valence-corrected chi connectivity index (χ2v) is 5.84. The molecule has 0 aliphatic carbocycles. The van der Waals surface area contributed by atoms with Crippen LogP contribution < -0.4 is 9.47 Å². The van der Waals surface area contributed by atoms with E-state index in [1.165, 1.54) is 32.9 Å². The first-order chi connectivity index (χ1) is 14.1. The number of ether oxygens (including phenoxy) is 4. The number of para-hydroxylation sites is 1. The number of benzene rings is 1. The van der Waals surface area contributed by atoms with Crippen molar-refractivity contribution in [2.45, 2.75) is 0 Å². The Morgan fingerprint density at radius 1 is 0.966 bits per heavy atom. The Kier molecular flexibility index (Phi) is 6.59. The van der Waals surface area contributed by atoms with Gasteiger partial charge in [-0.2, -0.15) is 0 Å². The molecule has 0 bridgehead atoms. The molecular weight excluding hydrogens is 398 g/mol. The normalized spacial score (nSPS) is 10.9. The summed E-state index contributed by atoms with van der Waals surface area (Å²) in [5, 5.41) is 0.294. The summed E-state index contributed by atoms with van der Waals surface area (Å²) in [7, 11) is 2.72. The predicted molar refractivity (Wildman–Crippen MR) is 105 cm³/mol. The molecule has 0 saturated carbocycles. The monoisotopic (exact) mass is 413 g/mol. The Morgan fingerprint density at radius 3 is 2.45 bits per heavy atom. The molecule has 0 N–H and O–H groups in total. The molecule has 0 amide bonds. The lowest BCUT2D eigenvalue weighted by atomic mass is 10.1. The van der Waals surface area contributed by atoms with E-state index in [9.17, 15) is 4.79 Å². The molecule has 0 atom stereocenters. The van der Waals surface area contributed by atoms with Crippen molar-refractivity contribution in [3.05, 3.63) is 71.8 Å². The summed E-state index contributed by atoms with van der Waals surface area (Å²) in [6.45, 7) is 0. The number of esters is 1. The molecule has 0 radical (unpaired) electrons. The van der Waals surface area contributed by atoms with E-state index >= 15 is 0 Å². The predicted octanol–water partition coefficient (Wildman–Crippen LogP) is 4.27. The fourth-order valence-corrected chi connectivity index (χ4v) is 2.48. The summed E-state index contributed by atoms with van der Waals surface area (Å²) >= 11 is 5.86. The van der Waals surface area contributed by atoms with Gasteiger partial charge < -0.3 is 18.9 Å². The van der Waals surface area contributed by atoms with Gasteiger partial charge in [0, 0.05) is 11.6 Å². The zero-order chi connectivity index (χ0) is 20.6. The zero-order valence-electron chi connectivity index (χ0n) is 15.5. The number of methoxy groups -OCH3 is 2. The number of aromatic nitrogens is 3. The van der Waals surface area contributed by atoms with Crippen LogP contribution in [0.1, 0.15) is 5.56 Å². The molecule has 148 valence electrons. The van der Waals surface area contributed by atoms with Crippen LogP contribution in [0.4, 0.5) is 0 Å². The highest BCUT2D eigenvalue weighted by atomic mass is 35.5. The van der Waals surface area contributed by atoms with Crippen molar-refractivity contribution in [3.8, 4) is 23.4 Å². The molecule has 3 rings (SSSR count). The van der Waals surface area contributed by atoms with E-state index in [2.05, 4.69) is 15.0 Å². The first-order valence-corrected chi connectivity index (χ1v) is 8.69. The molecule has 2 heterocycles. The molecule has 1 aromatic carbocycles. The molecule has 2 aromatic heterocycles. The van der Waals surface area contributed by atoms with Crippen LogP contribution in [0.25, 0.3) is 5.57 Å². The molecule has 0 unspecified atom stereocenters. The SMILES string of the molecule is COC=C(C(=O)OC)c1ccccc1Oc1cc(Oc2cccc(Cl)n2)ncn1. The molecule has 9 heteroatoms. The van der Waals surface area contributed by atoms with E-state index in [1.807, 2.05) is 0 Å². The van der Waals surface area contributed by atoms with Gasteiger partial charge in [0.05, 0.1) is 26.5 Å². The Hall–Kier alpha value is -3.65. The lowest BCUT2D eigenvalue weighted by Gasteiger charge is -2.12. The van der Waals surface area contributed by atoms with Crippen LogP contribution in [0.3, 0.4) is 0 Å². The third-order valence-electron chi connectivity index (χ3n) is 3.55. The standard InChI is InChI=1S/C20H16ClN3O5/c1-26-11-14(20(25)27-2)13-6-3-4-7-15(13)28-18-10-19(23-12-22-18)29-17-9-5-8-16(21)24-17/h3-12H,1-2H3. The van der Waals surface area contributed by atoms with Crippen molar-refractivity contribution in [2.75, 3.05) is 14.2 Å². The fourth-order valence-electron chi connectivity index (χ4n) is 2.33. The van der Waals surface area contributed by atoms with Gasteiger partial charge in [-0.25, -0.2) is 19.7 Å². The molecule has 0 saturated heterocycles. The molecule has 0 spiro atoms. The number of halogens is 1. The zero-order valence-corrected chi connectivity index (χ0v) is 16.3. The van der Waals surface area contributed by atoms with E-state index < -0.39 is 5.97 Å². The first-order valence-electron chi connectivity index (χ1n) is 8.31. The van der Waals surface area contributed by atoms with Crippen LogP contribution in [-0.4, -0.2) is 35.1 Å². The topological polar surface area (TPSA) is 92.7 Å². The average Bonchev–Trinajstić information content (AvgIpc) is 2.72. The Bertz CT molecular complexity index is 1040. The highest BCUT2D eigenvalue weighted by Gasteiger charge is 2.18. The summed E-state index contributed by atoms with van der Waals surface area (Å²) in [5.41, 5.74) is 0.665. The van der Waals surface area contributed by atoms with Gasteiger partial charge in [0.1, 0.15) is 22.8 Å². The van der Waals surface area contributed by atoms with Gasteiger partial charge in [-0.1, -0.05) is 35.9 Å². The van der Waals surface area contributed by atoms with Crippen LogP contribution in [0.15, 0.2) is 61.1 Å². The third kappa shape index (κ3) is 5.20. The highest BCUT2D eigenvalue weighted by molar-refractivity contribution is 6.29. The molecule has 3 aromatic rings. The number of hydrogen-bond acceptors (Lipinski definition) is 8. The van der Waals surface area contributed by atoms with Crippen molar-refractivity contribution < 1.29 is 23.7 Å². The van der Waals surface area contributed by atoms with E-state index in [1.54, 1.807) is 42.5 Å². The first kappa shape index (κ1) is 20.1. The van der Waals surface area contributed by atoms with Crippen LogP contribution in [-0.2, 0) is 14.3 Å². The minimum Gasteiger partial charge on any atom is -0.503 e. The average molecular weight is 414 g/mol. The molecule has 0 fully saturated rings. The van der Waals surface area contributed by atoms with E-state index in [0.717, 1.165) is 0 Å². The maximum absolute atomic E-state index is 12.1. The van der Waals surface area contributed by atoms with Crippen molar-refractivity contribution in [1.82, 2.24) is 15.0 Å². The minimum absolute atomic E-state index is 0.194. The summed E-state index contributed by atoms with van der Waals surface area (Å²) in [6, 6.07) is 13.4. The maximum Gasteiger partial charge on any atom is 0.341 e. The summed E-state index contributed by atoms with van der Waals surface area (Å²) < 4.78 is 21.2. The van der Waals surface area contributed by atoms with Gasteiger partial charge in [-0.15, -0.1) is 0 Å². The number of rotatable bonds is 7. The molecule has 29 heavy (non-hydrogen) atoms. The highest BCUT2D eigenvalue weighted by Crippen LogP contribution is 2.31. The van der Waals surface area contributed by atoms with Gasteiger partial charge >= 0.3 is 5.97 Å². The lowest BCUT2D eigenvalue weighted by Crippen LogP contribution is -2.06. The van der Waals surface area contributed by atoms with Crippen LogP contribution >= 0.6 is 11.6 Å². The van der Waals surface area contributed by atoms with Crippen molar-refractivity contribution in [1.29, 1.82) is 0 Å². The Morgan fingerprint density at radius 2 is 1.72 bits per heavy atom. The van der Waals surface area contributed by atoms with Crippen molar-refractivity contribution >= 4 is 23.1 Å². The van der Waals surface area contributed by atoms with Gasteiger partial charge in [-0.05, 0) is 12.1 Å². The second-order valence-electron chi connectivity index (χ2n) is 5.45. The fraction of sp³-hybridized carbons (Fsp3) is 0.100. The summed E-state index contributed by atoms with van der Waals surface area (Å²) in [5.74, 6) is 0.487. The Labute approximate surface area is 171 Å². The van der Waals surface area contributed by atoms with Crippen LogP contribution in [0, 0.1) is 0 Å². The lowest BCUT2D eigenvalue weighted by molar-refractivity contribution is -0.133. The molecule has 8 nitrogen and oxygen atoms in total. The van der Waals surface area contributed by atoms with Crippen LogP contribution in [0.5, 0.6) is 23.4 Å². The summed E-state index contributed by atoms with van der Waals surface area (Å²) in [6.07, 6.45) is 2.57. The van der Waals surface area contributed by atoms with Gasteiger partial charge in [0.2, 0.25) is 17.6 Å². The maximum atomic E-state index is 12.1. The Balaban J connectivity index is 1.87. The van der Waals surface area contributed by atoms with Gasteiger partial charge in [0.25, 0.3) is 0 Å². The number of hydrogen-bond donors (Lipinski definition) is 0. The molecule has 0 aliphatic rings. The quantitative estimate of drug-likeness (QED) is 0.245. The largest absolute Gasteiger partial charge is 0.503 e. The van der Waals surface area contributed by atoms with Crippen molar-refractivity contribution in [2.24, 2.45) is 0 Å².